The fourth-order valence-corrected chi connectivity index (χ4v) is 1.11. The lowest BCUT2D eigenvalue weighted by Gasteiger charge is -2.21. The number of amides is 1. The molecule has 1 atom stereocenters. The van der Waals surface area contributed by atoms with E-state index >= 15 is 0 Å². The van der Waals surface area contributed by atoms with Gasteiger partial charge in [-0.2, -0.15) is 0 Å². The van der Waals surface area contributed by atoms with Crippen LogP contribution in [-0.2, 0) is 21.0 Å². The molecule has 1 aromatic carbocycles. The maximum Gasteiger partial charge on any atom is 0.234 e. The van der Waals surface area contributed by atoms with Crippen molar-refractivity contribution in [2.75, 3.05) is 6.61 Å². The van der Waals surface area contributed by atoms with E-state index in [2.05, 4.69) is 0 Å². The number of hydrogen-bond acceptors (Lipinski definition) is 4. The molecule has 1 unspecified atom stereocenters. The summed E-state index contributed by atoms with van der Waals surface area (Å²) in [7, 11) is 0. The number of aldehydes is 1. The lowest BCUT2D eigenvalue weighted by atomic mass is 10.2. The first kappa shape index (κ1) is 12.4. The SMILES string of the molecule is O=CC(CO)N(C=O)OCc1ccccc1. The second-order valence-electron chi connectivity index (χ2n) is 3.11. The molecule has 5 nitrogen and oxygen atoms in total. The molecule has 0 aliphatic rings. The van der Waals surface area contributed by atoms with Gasteiger partial charge in [0, 0.05) is 0 Å². The first-order chi connectivity index (χ1) is 7.81. The van der Waals surface area contributed by atoms with Crippen LogP contribution in [0.3, 0.4) is 0 Å². The van der Waals surface area contributed by atoms with Gasteiger partial charge >= 0.3 is 0 Å². The van der Waals surface area contributed by atoms with Crippen LogP contribution in [0, 0.1) is 0 Å². The van der Waals surface area contributed by atoms with Crippen molar-refractivity contribution in [1.29, 1.82) is 0 Å². The first-order valence-corrected chi connectivity index (χ1v) is 4.78. The Morgan fingerprint density at radius 2 is 2.00 bits per heavy atom. The monoisotopic (exact) mass is 223 g/mol. The van der Waals surface area contributed by atoms with Gasteiger partial charge < -0.3 is 9.90 Å². The van der Waals surface area contributed by atoms with Gasteiger partial charge in [0.15, 0.2) is 0 Å². The van der Waals surface area contributed by atoms with Gasteiger partial charge in [0.25, 0.3) is 0 Å². The van der Waals surface area contributed by atoms with Crippen LogP contribution < -0.4 is 0 Å². The molecule has 0 aliphatic carbocycles. The standard InChI is InChI=1S/C11H13NO4/c13-6-11(7-14)12(9-15)16-8-10-4-2-1-3-5-10/h1-6,9,11,14H,7-8H2. The molecule has 0 saturated heterocycles. The van der Waals surface area contributed by atoms with Crippen LogP contribution in [0.4, 0.5) is 0 Å². The normalized spacial score (nSPS) is 11.8. The number of hydroxylamine groups is 2. The van der Waals surface area contributed by atoms with Crippen LogP contribution in [0.2, 0.25) is 0 Å². The predicted octanol–water partition coefficient (Wildman–Crippen LogP) is 0.136. The van der Waals surface area contributed by atoms with Crippen molar-refractivity contribution >= 4 is 12.7 Å². The molecule has 0 spiro atoms. The average molecular weight is 223 g/mol. The summed E-state index contributed by atoms with van der Waals surface area (Å²) in [5.74, 6) is 0. The molecule has 16 heavy (non-hydrogen) atoms. The number of hydrogen-bond donors (Lipinski definition) is 1. The predicted molar refractivity (Wildman–Crippen MR) is 56.1 cm³/mol. The van der Waals surface area contributed by atoms with Crippen molar-refractivity contribution in [3.8, 4) is 0 Å². The third-order valence-electron chi connectivity index (χ3n) is 2.00. The van der Waals surface area contributed by atoms with Gasteiger partial charge in [-0.1, -0.05) is 30.3 Å². The van der Waals surface area contributed by atoms with Gasteiger partial charge in [0.2, 0.25) is 6.41 Å². The van der Waals surface area contributed by atoms with E-state index in [1.165, 1.54) is 0 Å². The summed E-state index contributed by atoms with van der Waals surface area (Å²) in [6.45, 7) is -0.291. The van der Waals surface area contributed by atoms with Crippen molar-refractivity contribution in [3.05, 3.63) is 35.9 Å². The summed E-state index contributed by atoms with van der Waals surface area (Å²) >= 11 is 0. The second kappa shape index (κ2) is 6.71. The van der Waals surface area contributed by atoms with Crippen molar-refractivity contribution in [2.45, 2.75) is 12.6 Å². The minimum absolute atomic E-state index is 0.171. The smallest absolute Gasteiger partial charge is 0.234 e. The molecule has 1 N–H and O–H groups in total. The van der Waals surface area contributed by atoms with Crippen molar-refractivity contribution < 1.29 is 19.5 Å². The maximum absolute atomic E-state index is 10.6. The van der Waals surface area contributed by atoms with E-state index in [9.17, 15) is 9.59 Å². The zero-order chi connectivity index (χ0) is 11.8. The average Bonchev–Trinajstić information content (AvgIpc) is 2.35. The van der Waals surface area contributed by atoms with Gasteiger partial charge in [0.05, 0.1) is 6.61 Å². The molecular formula is C11H13NO4. The van der Waals surface area contributed by atoms with Gasteiger partial charge in [0.1, 0.15) is 18.9 Å². The third-order valence-corrected chi connectivity index (χ3v) is 2.00. The molecular weight excluding hydrogens is 210 g/mol. The Kier molecular flexibility index (Phi) is 5.18. The Balaban J connectivity index is 2.51. The Labute approximate surface area is 93.2 Å². The molecule has 0 bridgehead atoms. The van der Waals surface area contributed by atoms with Crippen LogP contribution in [-0.4, -0.2) is 35.5 Å². The van der Waals surface area contributed by atoms with Gasteiger partial charge in [-0.25, -0.2) is 5.06 Å². The van der Waals surface area contributed by atoms with Gasteiger partial charge in [-0.3, -0.25) is 9.63 Å². The Morgan fingerprint density at radius 3 is 2.50 bits per heavy atom. The van der Waals surface area contributed by atoms with Crippen LogP contribution >= 0.6 is 0 Å². The number of benzene rings is 1. The largest absolute Gasteiger partial charge is 0.394 e. The molecule has 1 aromatic rings. The zero-order valence-electron chi connectivity index (χ0n) is 8.65. The summed E-state index contributed by atoms with van der Waals surface area (Å²) in [6.07, 6.45) is 0.831. The fourth-order valence-electron chi connectivity index (χ4n) is 1.11. The molecule has 0 radical (unpaired) electrons. The molecule has 0 saturated carbocycles. The highest BCUT2D eigenvalue weighted by Gasteiger charge is 2.15. The van der Waals surface area contributed by atoms with Crippen molar-refractivity contribution in [2.24, 2.45) is 0 Å². The van der Waals surface area contributed by atoms with Crippen LogP contribution in [0.15, 0.2) is 30.3 Å². The number of aliphatic hydroxyl groups is 1. The van der Waals surface area contributed by atoms with E-state index in [1.54, 1.807) is 0 Å². The van der Waals surface area contributed by atoms with E-state index in [-0.39, 0.29) is 6.61 Å². The molecule has 0 fully saturated rings. The molecule has 0 aliphatic heterocycles. The molecule has 86 valence electrons. The highest BCUT2D eigenvalue weighted by Crippen LogP contribution is 2.03. The van der Waals surface area contributed by atoms with Crippen molar-refractivity contribution in [1.82, 2.24) is 5.06 Å². The second-order valence-corrected chi connectivity index (χ2v) is 3.11. The summed E-state index contributed by atoms with van der Waals surface area (Å²) in [6, 6.07) is 8.25. The van der Waals surface area contributed by atoms with Crippen LogP contribution in [0.5, 0.6) is 0 Å². The highest BCUT2D eigenvalue weighted by molar-refractivity contribution is 5.62. The van der Waals surface area contributed by atoms with Gasteiger partial charge in [-0.15, -0.1) is 0 Å². The Hall–Kier alpha value is -1.72. The van der Waals surface area contributed by atoms with E-state index in [1.807, 2.05) is 30.3 Å². The van der Waals surface area contributed by atoms with Crippen LogP contribution in [0.1, 0.15) is 5.56 Å². The number of aliphatic hydroxyl groups excluding tert-OH is 1. The first-order valence-electron chi connectivity index (χ1n) is 4.78. The van der Waals surface area contributed by atoms with E-state index < -0.39 is 12.6 Å². The zero-order valence-corrected chi connectivity index (χ0v) is 8.65. The number of carbonyl (C=O) groups excluding carboxylic acids is 2. The quantitative estimate of drug-likeness (QED) is 0.527. The minimum Gasteiger partial charge on any atom is -0.394 e. The lowest BCUT2D eigenvalue weighted by Crippen LogP contribution is -2.38. The summed E-state index contributed by atoms with van der Waals surface area (Å²) in [5.41, 5.74) is 0.872. The molecule has 1 rings (SSSR count). The maximum atomic E-state index is 10.6. The van der Waals surface area contributed by atoms with Crippen molar-refractivity contribution in [3.63, 3.8) is 0 Å². The molecule has 5 heteroatoms. The summed E-state index contributed by atoms with van der Waals surface area (Å²) in [5, 5.41) is 9.62. The number of rotatable bonds is 7. The van der Waals surface area contributed by atoms with Crippen LogP contribution in [0.25, 0.3) is 0 Å². The molecule has 0 heterocycles. The summed E-state index contributed by atoms with van der Waals surface area (Å²) in [4.78, 5) is 26.2. The molecule has 1 amide bonds. The Morgan fingerprint density at radius 1 is 1.31 bits per heavy atom. The lowest BCUT2D eigenvalue weighted by molar-refractivity contribution is -0.194. The topological polar surface area (TPSA) is 66.8 Å². The molecule has 0 aromatic heterocycles. The highest BCUT2D eigenvalue weighted by atomic mass is 16.7. The van der Waals surface area contributed by atoms with E-state index in [4.69, 9.17) is 9.94 Å². The van der Waals surface area contributed by atoms with E-state index in [0.717, 1.165) is 10.6 Å². The van der Waals surface area contributed by atoms with E-state index in [0.29, 0.717) is 12.7 Å². The van der Waals surface area contributed by atoms with Gasteiger partial charge in [-0.05, 0) is 5.56 Å². The Bertz CT molecular complexity index is 328. The third kappa shape index (κ3) is 3.45. The summed E-state index contributed by atoms with van der Waals surface area (Å²) < 4.78 is 0. The number of nitrogens with zero attached hydrogens (tertiary/aromatic N) is 1. The fraction of sp³-hybridized carbons (Fsp3) is 0.273. The minimum atomic E-state index is -0.957. The number of carbonyl (C=O) groups is 2.